The van der Waals surface area contributed by atoms with Crippen LogP contribution >= 0.6 is 11.6 Å². The minimum atomic E-state index is -4.03. The molecule has 0 radical (unpaired) electrons. The number of fused-ring (bicyclic) bond motifs is 1. The zero-order valence-corrected chi connectivity index (χ0v) is 20.0. The van der Waals surface area contributed by atoms with Crippen molar-refractivity contribution < 1.29 is 17.9 Å². The average Bonchev–Trinajstić information content (AvgIpc) is 3.14. The predicted octanol–water partition coefficient (Wildman–Crippen LogP) is 4.91. The number of carbonyl (C=O) groups is 1. The summed E-state index contributed by atoms with van der Waals surface area (Å²) in [5.74, 6) is 0.331. The zero-order valence-electron chi connectivity index (χ0n) is 18.4. The Balaban J connectivity index is 1.71. The lowest BCUT2D eigenvalue weighted by Crippen LogP contribution is -2.45. The van der Waals surface area contributed by atoms with E-state index in [1.165, 1.54) is 24.3 Å². The number of amides is 1. The molecule has 3 aromatic carbocycles. The van der Waals surface area contributed by atoms with Crippen LogP contribution < -0.4 is 13.9 Å². The number of rotatable bonds is 7. The molecule has 1 aliphatic rings. The molecule has 1 atom stereocenters. The number of benzene rings is 3. The Kier molecular flexibility index (Phi) is 6.63. The number of ether oxygens (including phenoxy) is 1. The highest BCUT2D eigenvalue weighted by molar-refractivity contribution is 7.92. The molecule has 0 aromatic heterocycles. The molecule has 3 aromatic rings. The molecular weight excluding hydrogens is 460 g/mol. The van der Waals surface area contributed by atoms with Crippen molar-refractivity contribution in [2.45, 2.75) is 31.2 Å². The first-order valence-corrected chi connectivity index (χ1v) is 12.5. The summed E-state index contributed by atoms with van der Waals surface area (Å²) in [6.07, 6.45) is 0.731. The van der Waals surface area contributed by atoms with Gasteiger partial charge in [-0.15, -0.1) is 0 Å². The molecule has 8 heteroatoms. The van der Waals surface area contributed by atoms with Gasteiger partial charge in [0.05, 0.1) is 17.2 Å². The Morgan fingerprint density at radius 2 is 1.73 bits per heavy atom. The van der Waals surface area contributed by atoms with Crippen molar-refractivity contribution >= 4 is 38.9 Å². The van der Waals surface area contributed by atoms with Crippen LogP contribution in [0, 0.1) is 0 Å². The first-order valence-electron chi connectivity index (χ1n) is 10.7. The summed E-state index contributed by atoms with van der Waals surface area (Å²) in [6.45, 7) is 4.00. The number of hydrogen-bond donors (Lipinski definition) is 0. The minimum Gasteiger partial charge on any atom is -0.494 e. The Morgan fingerprint density at radius 1 is 1.06 bits per heavy atom. The summed E-state index contributed by atoms with van der Waals surface area (Å²) in [5, 5.41) is 0.431. The molecule has 0 fully saturated rings. The van der Waals surface area contributed by atoms with Gasteiger partial charge in [-0.3, -0.25) is 9.10 Å². The van der Waals surface area contributed by atoms with Crippen LogP contribution in [0.3, 0.4) is 0 Å². The van der Waals surface area contributed by atoms with Gasteiger partial charge >= 0.3 is 0 Å². The van der Waals surface area contributed by atoms with Crippen molar-refractivity contribution in [2.75, 3.05) is 22.4 Å². The third kappa shape index (κ3) is 4.70. The normalized spacial score (nSPS) is 15.2. The van der Waals surface area contributed by atoms with E-state index < -0.39 is 10.0 Å². The van der Waals surface area contributed by atoms with Gasteiger partial charge in [0.2, 0.25) is 5.91 Å². The summed E-state index contributed by atoms with van der Waals surface area (Å²) >= 11 is 5.96. The monoisotopic (exact) mass is 484 g/mol. The van der Waals surface area contributed by atoms with Gasteiger partial charge in [0.1, 0.15) is 12.3 Å². The van der Waals surface area contributed by atoms with E-state index in [2.05, 4.69) is 0 Å². The Labute approximate surface area is 199 Å². The topological polar surface area (TPSA) is 66.9 Å². The van der Waals surface area contributed by atoms with Crippen LogP contribution in [0.2, 0.25) is 5.02 Å². The minimum absolute atomic E-state index is 0.0588. The van der Waals surface area contributed by atoms with Crippen molar-refractivity contribution in [3.05, 3.63) is 83.4 Å². The van der Waals surface area contributed by atoms with Crippen LogP contribution in [-0.2, 0) is 21.2 Å². The van der Waals surface area contributed by atoms with Crippen LogP contribution in [-0.4, -0.2) is 33.5 Å². The third-order valence-corrected chi connectivity index (χ3v) is 7.63. The molecule has 1 unspecified atom stereocenters. The highest BCUT2D eigenvalue weighted by Gasteiger charge is 2.34. The van der Waals surface area contributed by atoms with Gasteiger partial charge in [0.15, 0.2) is 0 Å². The molecule has 0 saturated carbocycles. The van der Waals surface area contributed by atoms with Gasteiger partial charge in [-0.1, -0.05) is 29.8 Å². The summed E-state index contributed by atoms with van der Waals surface area (Å²) < 4.78 is 33.8. The molecule has 0 aliphatic carbocycles. The maximum absolute atomic E-state index is 13.6. The molecule has 0 N–H and O–H groups in total. The highest BCUT2D eigenvalue weighted by atomic mass is 35.5. The summed E-state index contributed by atoms with van der Waals surface area (Å²) in [6, 6.07) is 20.3. The maximum Gasteiger partial charge on any atom is 0.264 e. The average molecular weight is 485 g/mol. The lowest BCUT2D eigenvalue weighted by Gasteiger charge is -2.29. The zero-order chi connectivity index (χ0) is 23.6. The number of anilines is 2. The lowest BCUT2D eigenvalue weighted by atomic mass is 10.1. The second-order valence-corrected chi connectivity index (χ2v) is 10.1. The largest absolute Gasteiger partial charge is 0.494 e. The first kappa shape index (κ1) is 23.1. The van der Waals surface area contributed by atoms with E-state index in [1.807, 2.05) is 38.1 Å². The number of sulfonamides is 1. The van der Waals surface area contributed by atoms with Crippen molar-refractivity contribution in [2.24, 2.45) is 0 Å². The van der Waals surface area contributed by atoms with E-state index in [0.717, 1.165) is 22.0 Å². The molecule has 1 amide bonds. The fraction of sp³-hybridized carbons (Fsp3) is 0.240. The number of nitrogens with zero attached hydrogens (tertiary/aromatic N) is 2. The van der Waals surface area contributed by atoms with Gasteiger partial charge in [0.25, 0.3) is 10.0 Å². The van der Waals surface area contributed by atoms with E-state index in [0.29, 0.717) is 23.1 Å². The van der Waals surface area contributed by atoms with Gasteiger partial charge in [0, 0.05) is 16.8 Å². The maximum atomic E-state index is 13.6. The fourth-order valence-corrected chi connectivity index (χ4v) is 5.61. The molecular formula is C25H25ClN2O4S. The van der Waals surface area contributed by atoms with E-state index in [4.69, 9.17) is 16.3 Å². The number of para-hydroxylation sites is 1. The molecule has 4 rings (SSSR count). The second-order valence-electron chi connectivity index (χ2n) is 7.84. The molecule has 0 bridgehead atoms. The fourth-order valence-electron chi connectivity index (χ4n) is 4.07. The quantitative estimate of drug-likeness (QED) is 0.477. The van der Waals surface area contributed by atoms with Crippen molar-refractivity contribution in [1.29, 1.82) is 0 Å². The highest BCUT2D eigenvalue weighted by Crippen LogP contribution is 2.33. The van der Waals surface area contributed by atoms with E-state index in [9.17, 15) is 13.2 Å². The van der Waals surface area contributed by atoms with Crippen LogP contribution in [0.5, 0.6) is 5.75 Å². The molecule has 172 valence electrons. The lowest BCUT2D eigenvalue weighted by molar-refractivity contribution is -0.117. The molecule has 0 spiro atoms. The van der Waals surface area contributed by atoms with Crippen LogP contribution in [0.4, 0.5) is 11.4 Å². The smallest absolute Gasteiger partial charge is 0.264 e. The van der Waals surface area contributed by atoms with E-state index in [1.54, 1.807) is 29.2 Å². The number of hydrogen-bond acceptors (Lipinski definition) is 4. The molecule has 1 heterocycles. The van der Waals surface area contributed by atoms with Crippen molar-refractivity contribution in [1.82, 2.24) is 0 Å². The molecule has 0 saturated heterocycles. The van der Waals surface area contributed by atoms with Gasteiger partial charge in [-0.25, -0.2) is 8.42 Å². The predicted molar refractivity (Wildman–Crippen MR) is 131 cm³/mol. The van der Waals surface area contributed by atoms with Crippen molar-refractivity contribution in [3.8, 4) is 5.75 Å². The molecule has 33 heavy (non-hydrogen) atoms. The first-order chi connectivity index (χ1) is 15.8. The number of carbonyl (C=O) groups excluding carboxylic acids is 1. The van der Waals surface area contributed by atoms with Crippen LogP contribution in [0.15, 0.2) is 77.7 Å². The van der Waals surface area contributed by atoms with E-state index >= 15 is 0 Å². The molecule has 6 nitrogen and oxygen atoms in total. The second kappa shape index (κ2) is 9.45. The van der Waals surface area contributed by atoms with Gasteiger partial charge < -0.3 is 9.64 Å². The molecule has 1 aliphatic heterocycles. The Morgan fingerprint density at radius 3 is 2.39 bits per heavy atom. The van der Waals surface area contributed by atoms with Gasteiger partial charge in [-0.2, -0.15) is 0 Å². The SMILES string of the molecule is CCOc1ccc(N(CC(=O)N2c3ccccc3CC2C)S(=O)(=O)c2ccc(Cl)cc2)cc1. The number of halogens is 1. The summed E-state index contributed by atoms with van der Waals surface area (Å²) in [5.41, 5.74) is 2.28. The third-order valence-electron chi connectivity index (χ3n) is 5.59. The van der Waals surface area contributed by atoms with Gasteiger partial charge in [-0.05, 0) is 80.4 Å². The van der Waals surface area contributed by atoms with E-state index in [-0.39, 0.29) is 23.4 Å². The van der Waals surface area contributed by atoms with Crippen molar-refractivity contribution in [3.63, 3.8) is 0 Å². The standard InChI is InChI=1S/C25H25ClN2O4S/c1-3-32-22-12-10-21(11-13-22)27(33(30,31)23-14-8-20(26)9-15-23)17-25(29)28-18(2)16-19-6-4-5-7-24(19)28/h4-15,18H,3,16-17H2,1-2H3. The Bertz CT molecular complexity index is 1240. The van der Waals surface area contributed by atoms with Crippen LogP contribution in [0.25, 0.3) is 0 Å². The summed E-state index contributed by atoms with van der Waals surface area (Å²) in [7, 11) is -4.03. The Hall–Kier alpha value is -3.03. The van der Waals surface area contributed by atoms with Crippen LogP contribution in [0.1, 0.15) is 19.4 Å². The summed E-state index contributed by atoms with van der Waals surface area (Å²) in [4.78, 5) is 15.2.